The zero-order valence-electron chi connectivity index (χ0n) is 10.3. The molecule has 1 aromatic rings. The van der Waals surface area contributed by atoms with Crippen molar-refractivity contribution in [3.05, 3.63) is 29.8 Å². The van der Waals surface area contributed by atoms with Gasteiger partial charge in [0.1, 0.15) is 0 Å². The number of rotatable bonds is 3. The molecule has 0 aromatic heterocycles. The molecule has 0 radical (unpaired) electrons. The van der Waals surface area contributed by atoms with Crippen molar-refractivity contribution >= 4 is 11.6 Å². The minimum atomic E-state index is 0.0672. The highest BCUT2D eigenvalue weighted by Gasteiger charge is 2.20. The fourth-order valence-electron chi connectivity index (χ4n) is 2.12. The molecule has 1 heterocycles. The predicted octanol–water partition coefficient (Wildman–Crippen LogP) is 1.69. The maximum absolute atomic E-state index is 12.0. The van der Waals surface area contributed by atoms with E-state index in [2.05, 4.69) is 16.7 Å². The second-order valence-electron chi connectivity index (χ2n) is 4.56. The number of hydrogen-bond donors (Lipinski definition) is 2. The molecular weight excluding hydrogens is 226 g/mol. The van der Waals surface area contributed by atoms with Gasteiger partial charge in [0, 0.05) is 12.2 Å². The molecule has 1 fully saturated rings. The summed E-state index contributed by atoms with van der Waals surface area (Å²) in [5.41, 5.74) is 1.77. The summed E-state index contributed by atoms with van der Waals surface area (Å²) in [6.07, 6.45) is 2.41. The van der Waals surface area contributed by atoms with E-state index < -0.39 is 0 Å². The second kappa shape index (κ2) is 6.18. The molecule has 0 spiro atoms. The molecule has 4 heteroatoms. The molecule has 1 aliphatic rings. The van der Waals surface area contributed by atoms with Crippen LogP contribution in [0.2, 0.25) is 0 Å². The minimum absolute atomic E-state index is 0.0672. The van der Waals surface area contributed by atoms with E-state index in [4.69, 9.17) is 5.26 Å². The molecule has 18 heavy (non-hydrogen) atoms. The van der Waals surface area contributed by atoms with Crippen LogP contribution in [0.1, 0.15) is 18.4 Å². The number of nitriles is 1. The highest BCUT2D eigenvalue weighted by Crippen LogP contribution is 2.15. The Labute approximate surface area is 107 Å². The van der Waals surface area contributed by atoms with Crippen LogP contribution in [0.25, 0.3) is 0 Å². The number of carbonyl (C=O) groups excluding carboxylic acids is 1. The van der Waals surface area contributed by atoms with Crippen LogP contribution < -0.4 is 10.6 Å². The molecule has 0 aliphatic carbocycles. The molecule has 1 aliphatic heterocycles. The van der Waals surface area contributed by atoms with Crippen LogP contribution in [0, 0.1) is 17.2 Å². The summed E-state index contributed by atoms with van der Waals surface area (Å²) < 4.78 is 0. The molecule has 0 unspecified atom stereocenters. The van der Waals surface area contributed by atoms with Gasteiger partial charge in [0.25, 0.3) is 0 Å². The number of nitrogens with one attached hydrogen (secondary N) is 2. The number of benzene rings is 1. The smallest absolute Gasteiger partial charge is 0.228 e. The van der Waals surface area contributed by atoms with E-state index in [1.165, 1.54) is 0 Å². The first-order chi connectivity index (χ1) is 8.79. The second-order valence-corrected chi connectivity index (χ2v) is 4.56. The Bertz CT molecular complexity index is 441. The summed E-state index contributed by atoms with van der Waals surface area (Å²) in [5, 5.41) is 14.7. The Balaban J connectivity index is 1.92. The highest BCUT2D eigenvalue weighted by molar-refractivity contribution is 5.92. The molecular formula is C14H17N3O. The van der Waals surface area contributed by atoms with Gasteiger partial charge in [-0.25, -0.2) is 0 Å². The lowest BCUT2D eigenvalue weighted by Crippen LogP contribution is -2.37. The molecule has 94 valence electrons. The fraction of sp³-hybridized carbons (Fsp3) is 0.429. The van der Waals surface area contributed by atoms with E-state index in [1.54, 1.807) is 0 Å². The van der Waals surface area contributed by atoms with Crippen molar-refractivity contribution in [2.75, 3.05) is 18.4 Å². The van der Waals surface area contributed by atoms with Gasteiger partial charge in [0.2, 0.25) is 5.91 Å². The molecule has 4 nitrogen and oxygen atoms in total. The Kier molecular flexibility index (Phi) is 4.32. The van der Waals surface area contributed by atoms with Gasteiger partial charge in [-0.15, -0.1) is 0 Å². The topological polar surface area (TPSA) is 64.9 Å². The van der Waals surface area contributed by atoms with Gasteiger partial charge in [-0.3, -0.25) is 4.79 Å². The van der Waals surface area contributed by atoms with E-state index >= 15 is 0 Å². The zero-order valence-corrected chi connectivity index (χ0v) is 10.3. The van der Waals surface area contributed by atoms with Crippen LogP contribution in [-0.4, -0.2) is 19.0 Å². The lowest BCUT2D eigenvalue weighted by molar-refractivity contribution is -0.120. The van der Waals surface area contributed by atoms with Gasteiger partial charge >= 0.3 is 0 Å². The van der Waals surface area contributed by atoms with E-state index in [-0.39, 0.29) is 11.8 Å². The third-order valence-electron chi connectivity index (χ3n) is 3.17. The summed E-state index contributed by atoms with van der Waals surface area (Å²) in [4.78, 5) is 12.0. The molecule has 1 amide bonds. The van der Waals surface area contributed by atoms with Crippen LogP contribution in [-0.2, 0) is 11.2 Å². The van der Waals surface area contributed by atoms with Gasteiger partial charge in [0.15, 0.2) is 0 Å². The van der Waals surface area contributed by atoms with Crippen molar-refractivity contribution in [1.82, 2.24) is 5.32 Å². The van der Waals surface area contributed by atoms with E-state index in [0.29, 0.717) is 6.42 Å². The monoisotopic (exact) mass is 243 g/mol. The lowest BCUT2D eigenvalue weighted by Gasteiger charge is -2.21. The van der Waals surface area contributed by atoms with E-state index in [0.717, 1.165) is 37.2 Å². The van der Waals surface area contributed by atoms with Crippen LogP contribution in [0.5, 0.6) is 0 Å². The first-order valence-electron chi connectivity index (χ1n) is 6.27. The number of anilines is 1. The van der Waals surface area contributed by atoms with Crippen LogP contribution in [0.3, 0.4) is 0 Å². The average molecular weight is 243 g/mol. The fourth-order valence-corrected chi connectivity index (χ4v) is 2.12. The Hall–Kier alpha value is -1.86. The third-order valence-corrected chi connectivity index (χ3v) is 3.17. The highest BCUT2D eigenvalue weighted by atomic mass is 16.1. The number of nitrogens with zero attached hydrogens (tertiary/aromatic N) is 1. The number of carbonyl (C=O) groups is 1. The van der Waals surface area contributed by atoms with Gasteiger partial charge in [-0.1, -0.05) is 12.1 Å². The van der Waals surface area contributed by atoms with Crippen molar-refractivity contribution in [2.24, 2.45) is 5.92 Å². The van der Waals surface area contributed by atoms with Gasteiger partial charge < -0.3 is 10.6 Å². The molecule has 2 N–H and O–H groups in total. The number of piperidine rings is 1. The standard InChI is InChI=1S/C14H17N3O/c15-8-7-11-3-5-13(6-4-11)17-14(18)12-2-1-9-16-10-12/h3-6,12,16H,1-2,7,9-10H2,(H,17,18)/t12-/m0/s1. The molecule has 1 saturated heterocycles. The summed E-state index contributed by atoms with van der Waals surface area (Å²) in [6, 6.07) is 9.54. The van der Waals surface area contributed by atoms with Gasteiger partial charge in [-0.05, 0) is 37.1 Å². The largest absolute Gasteiger partial charge is 0.326 e. The summed E-state index contributed by atoms with van der Waals surface area (Å²) >= 11 is 0. The lowest BCUT2D eigenvalue weighted by atomic mass is 9.99. The van der Waals surface area contributed by atoms with Crippen molar-refractivity contribution in [1.29, 1.82) is 5.26 Å². The summed E-state index contributed by atoms with van der Waals surface area (Å²) in [7, 11) is 0. The molecule has 0 saturated carbocycles. The minimum Gasteiger partial charge on any atom is -0.326 e. The van der Waals surface area contributed by atoms with Crippen LogP contribution in [0.15, 0.2) is 24.3 Å². The van der Waals surface area contributed by atoms with Crippen molar-refractivity contribution in [3.63, 3.8) is 0 Å². The third kappa shape index (κ3) is 3.31. The maximum atomic E-state index is 12.0. The van der Waals surface area contributed by atoms with Crippen molar-refractivity contribution in [3.8, 4) is 6.07 Å². The van der Waals surface area contributed by atoms with Crippen molar-refractivity contribution in [2.45, 2.75) is 19.3 Å². The predicted molar refractivity (Wildman–Crippen MR) is 70.0 cm³/mol. The summed E-state index contributed by atoms with van der Waals surface area (Å²) in [6.45, 7) is 1.77. The molecule has 0 bridgehead atoms. The zero-order chi connectivity index (χ0) is 12.8. The van der Waals surface area contributed by atoms with Crippen LogP contribution >= 0.6 is 0 Å². The Morgan fingerprint density at radius 1 is 1.44 bits per heavy atom. The van der Waals surface area contributed by atoms with Gasteiger partial charge in [0.05, 0.1) is 18.4 Å². The first-order valence-corrected chi connectivity index (χ1v) is 6.27. The van der Waals surface area contributed by atoms with E-state index in [9.17, 15) is 4.79 Å². The summed E-state index contributed by atoms with van der Waals surface area (Å²) in [5.74, 6) is 0.146. The van der Waals surface area contributed by atoms with Gasteiger partial charge in [-0.2, -0.15) is 5.26 Å². The van der Waals surface area contributed by atoms with Crippen molar-refractivity contribution < 1.29 is 4.79 Å². The number of amides is 1. The van der Waals surface area contributed by atoms with Crippen LogP contribution in [0.4, 0.5) is 5.69 Å². The SMILES string of the molecule is N#CCc1ccc(NC(=O)[C@H]2CCCNC2)cc1. The maximum Gasteiger partial charge on any atom is 0.228 e. The Morgan fingerprint density at radius 2 is 2.22 bits per heavy atom. The Morgan fingerprint density at radius 3 is 2.83 bits per heavy atom. The molecule has 2 rings (SSSR count). The normalized spacial score (nSPS) is 18.9. The van der Waals surface area contributed by atoms with E-state index in [1.807, 2.05) is 24.3 Å². The first kappa shape index (κ1) is 12.6. The average Bonchev–Trinajstić information content (AvgIpc) is 2.42. The molecule has 1 atom stereocenters. The quantitative estimate of drug-likeness (QED) is 0.849. The molecule has 1 aromatic carbocycles. The number of hydrogen-bond acceptors (Lipinski definition) is 3.